The van der Waals surface area contributed by atoms with Crippen LogP contribution in [0.3, 0.4) is 0 Å². The molecule has 0 aromatic heterocycles. The van der Waals surface area contributed by atoms with Crippen LogP contribution >= 0.6 is 0 Å². The van der Waals surface area contributed by atoms with Gasteiger partial charge >= 0.3 is 6.18 Å². The van der Waals surface area contributed by atoms with Crippen molar-refractivity contribution < 1.29 is 22.7 Å². The molecule has 0 fully saturated rings. The van der Waals surface area contributed by atoms with Crippen LogP contribution in [0.4, 0.5) is 13.2 Å². The van der Waals surface area contributed by atoms with Gasteiger partial charge in [0, 0.05) is 0 Å². The number of carbonyl (C=O) groups excluding carboxylic acids is 1. The Balaban J connectivity index is 2.77. The summed E-state index contributed by atoms with van der Waals surface area (Å²) in [5.74, 6) is -0.616. The van der Waals surface area contributed by atoms with Crippen LogP contribution in [0.5, 0.6) is 5.75 Å². The first-order valence-electron chi connectivity index (χ1n) is 6.49. The van der Waals surface area contributed by atoms with Crippen LogP contribution in [0.1, 0.15) is 32.4 Å². The fourth-order valence-corrected chi connectivity index (χ4v) is 1.58. The number of benzene rings is 1. The molecule has 0 aliphatic carbocycles. The summed E-state index contributed by atoms with van der Waals surface area (Å²) in [5.41, 5.74) is 2.80. The highest BCUT2D eigenvalue weighted by atomic mass is 19.4. The highest BCUT2D eigenvalue weighted by Crippen LogP contribution is 2.29. The second-order valence-corrected chi connectivity index (χ2v) is 4.90. The average molecular weight is 304 g/mol. The number of hydrogen-bond donors (Lipinski definition) is 2. The Morgan fingerprint density at radius 1 is 1.33 bits per heavy atom. The molecular formula is C14H19F3N2O2. The van der Waals surface area contributed by atoms with Crippen molar-refractivity contribution in [2.45, 2.75) is 38.5 Å². The fraction of sp³-hybridized carbons (Fsp3) is 0.500. The molecule has 1 rings (SSSR count). The van der Waals surface area contributed by atoms with E-state index < -0.39 is 23.7 Å². The van der Waals surface area contributed by atoms with Crippen molar-refractivity contribution in [2.75, 3.05) is 6.61 Å². The summed E-state index contributed by atoms with van der Waals surface area (Å²) >= 11 is 0. The molecule has 0 radical (unpaired) electrons. The monoisotopic (exact) mass is 304 g/mol. The lowest BCUT2D eigenvalue weighted by Crippen LogP contribution is -2.61. The Kier molecular flexibility index (Phi) is 5.22. The molecule has 0 aliphatic heterocycles. The molecule has 0 aliphatic rings. The van der Waals surface area contributed by atoms with Crippen LogP contribution in [0.25, 0.3) is 0 Å². The predicted octanol–water partition coefficient (Wildman–Crippen LogP) is 2.54. The number of halogens is 3. The van der Waals surface area contributed by atoms with E-state index in [1.807, 2.05) is 6.92 Å². The zero-order valence-electron chi connectivity index (χ0n) is 12.1. The van der Waals surface area contributed by atoms with Gasteiger partial charge in [0.25, 0.3) is 0 Å². The van der Waals surface area contributed by atoms with Crippen LogP contribution in [0.15, 0.2) is 24.3 Å². The standard InChI is InChI=1S/C14H19F3N2O2/c1-4-21-11-7-5-10(6-8-11)9(2)19-12(20)13(3,18)14(15,16)17/h5-9H,4,18H2,1-3H3,(H,19,20). The zero-order chi connectivity index (χ0) is 16.3. The highest BCUT2D eigenvalue weighted by molar-refractivity contribution is 5.86. The molecule has 1 aromatic carbocycles. The summed E-state index contributed by atoms with van der Waals surface area (Å²) < 4.78 is 43.3. The second-order valence-electron chi connectivity index (χ2n) is 4.90. The summed E-state index contributed by atoms with van der Waals surface area (Å²) in [5, 5.41) is 2.27. The predicted molar refractivity (Wildman–Crippen MR) is 72.8 cm³/mol. The lowest BCUT2D eigenvalue weighted by atomic mass is 10.0. The number of nitrogens with one attached hydrogen (secondary N) is 1. The minimum Gasteiger partial charge on any atom is -0.494 e. The van der Waals surface area contributed by atoms with Gasteiger partial charge in [0.15, 0.2) is 5.54 Å². The number of alkyl halides is 3. The third-order valence-corrected chi connectivity index (χ3v) is 3.10. The fourth-order valence-electron chi connectivity index (χ4n) is 1.58. The van der Waals surface area contributed by atoms with E-state index in [1.54, 1.807) is 31.2 Å². The van der Waals surface area contributed by atoms with Crippen LogP contribution < -0.4 is 15.8 Å². The van der Waals surface area contributed by atoms with E-state index in [-0.39, 0.29) is 0 Å². The molecule has 0 bridgehead atoms. The first kappa shape index (κ1) is 17.3. The van der Waals surface area contributed by atoms with Gasteiger partial charge in [0.05, 0.1) is 12.6 Å². The van der Waals surface area contributed by atoms with Crippen LogP contribution in [-0.2, 0) is 4.79 Å². The van der Waals surface area contributed by atoms with Gasteiger partial charge in [0.2, 0.25) is 5.91 Å². The van der Waals surface area contributed by atoms with E-state index >= 15 is 0 Å². The Morgan fingerprint density at radius 2 is 1.86 bits per heavy atom. The Labute approximate surface area is 121 Å². The van der Waals surface area contributed by atoms with Gasteiger partial charge in [-0.2, -0.15) is 13.2 Å². The Hall–Kier alpha value is -1.76. The van der Waals surface area contributed by atoms with E-state index in [0.29, 0.717) is 24.8 Å². The molecule has 1 amide bonds. The summed E-state index contributed by atoms with van der Waals surface area (Å²) in [6.45, 7) is 4.59. The van der Waals surface area contributed by atoms with Gasteiger partial charge in [-0.15, -0.1) is 0 Å². The van der Waals surface area contributed by atoms with Gasteiger partial charge < -0.3 is 15.8 Å². The third-order valence-electron chi connectivity index (χ3n) is 3.10. The summed E-state index contributed by atoms with van der Waals surface area (Å²) in [4.78, 5) is 11.7. The molecular weight excluding hydrogens is 285 g/mol. The molecule has 2 unspecified atom stereocenters. The molecule has 118 valence electrons. The van der Waals surface area contributed by atoms with Crippen LogP contribution in [0, 0.1) is 0 Å². The van der Waals surface area contributed by atoms with Crippen molar-refractivity contribution in [3.63, 3.8) is 0 Å². The number of amides is 1. The molecule has 0 spiro atoms. The highest BCUT2D eigenvalue weighted by Gasteiger charge is 2.54. The SMILES string of the molecule is CCOc1ccc(C(C)NC(=O)C(C)(N)C(F)(F)F)cc1. The topological polar surface area (TPSA) is 64.3 Å². The van der Waals surface area contributed by atoms with Crippen LogP contribution in [0.2, 0.25) is 0 Å². The smallest absolute Gasteiger partial charge is 0.415 e. The van der Waals surface area contributed by atoms with Gasteiger partial charge in [-0.1, -0.05) is 12.1 Å². The normalized spacial score (nSPS) is 16.0. The molecule has 4 nitrogen and oxygen atoms in total. The van der Waals surface area contributed by atoms with Gasteiger partial charge in [-0.05, 0) is 38.5 Å². The summed E-state index contributed by atoms with van der Waals surface area (Å²) in [6, 6.07) is 6.13. The number of rotatable bonds is 5. The van der Waals surface area contributed by atoms with E-state index in [1.165, 1.54) is 0 Å². The van der Waals surface area contributed by atoms with E-state index in [9.17, 15) is 18.0 Å². The lowest BCUT2D eigenvalue weighted by Gasteiger charge is -2.28. The third kappa shape index (κ3) is 4.10. The largest absolute Gasteiger partial charge is 0.494 e. The first-order chi connectivity index (χ1) is 9.59. The molecule has 1 aromatic rings. The van der Waals surface area contributed by atoms with Crippen molar-refractivity contribution in [3.05, 3.63) is 29.8 Å². The maximum atomic E-state index is 12.7. The van der Waals surface area contributed by atoms with Gasteiger partial charge in [0.1, 0.15) is 5.75 Å². The minimum absolute atomic E-state index is 0.517. The quantitative estimate of drug-likeness (QED) is 0.878. The Bertz CT molecular complexity index is 484. The van der Waals surface area contributed by atoms with Gasteiger partial charge in [-0.25, -0.2) is 0 Å². The van der Waals surface area contributed by atoms with Crippen molar-refractivity contribution in [1.29, 1.82) is 0 Å². The van der Waals surface area contributed by atoms with Crippen molar-refractivity contribution in [3.8, 4) is 5.75 Å². The molecule has 2 atom stereocenters. The average Bonchev–Trinajstić information content (AvgIpc) is 2.38. The second kappa shape index (κ2) is 6.34. The van der Waals surface area contributed by atoms with E-state index in [2.05, 4.69) is 5.32 Å². The van der Waals surface area contributed by atoms with Crippen molar-refractivity contribution >= 4 is 5.91 Å². The maximum Gasteiger partial charge on any atom is 0.415 e. The summed E-state index contributed by atoms with van der Waals surface area (Å²) in [7, 11) is 0. The number of nitrogens with two attached hydrogens (primary N) is 1. The maximum absolute atomic E-state index is 12.7. The number of hydrogen-bond acceptors (Lipinski definition) is 3. The molecule has 0 saturated carbocycles. The first-order valence-corrected chi connectivity index (χ1v) is 6.49. The minimum atomic E-state index is -4.81. The van der Waals surface area contributed by atoms with E-state index in [4.69, 9.17) is 10.5 Å². The van der Waals surface area contributed by atoms with Gasteiger partial charge in [-0.3, -0.25) is 4.79 Å². The zero-order valence-corrected chi connectivity index (χ0v) is 12.1. The van der Waals surface area contributed by atoms with Crippen LogP contribution in [-0.4, -0.2) is 24.2 Å². The molecule has 0 saturated heterocycles. The number of ether oxygens (including phenoxy) is 1. The summed E-state index contributed by atoms with van der Waals surface area (Å²) in [6.07, 6.45) is -4.81. The molecule has 3 N–H and O–H groups in total. The molecule has 0 heterocycles. The molecule has 7 heteroatoms. The number of carbonyl (C=O) groups is 1. The van der Waals surface area contributed by atoms with Crippen molar-refractivity contribution in [2.24, 2.45) is 5.73 Å². The Morgan fingerprint density at radius 3 is 2.29 bits per heavy atom. The lowest BCUT2D eigenvalue weighted by molar-refractivity contribution is -0.187. The molecule has 21 heavy (non-hydrogen) atoms. The van der Waals surface area contributed by atoms with E-state index in [0.717, 1.165) is 0 Å². The van der Waals surface area contributed by atoms with Crippen molar-refractivity contribution in [1.82, 2.24) is 5.32 Å².